The fourth-order valence-electron chi connectivity index (χ4n) is 2.57. The monoisotopic (exact) mass is 197 g/mol. The second-order valence-electron chi connectivity index (χ2n) is 4.84. The highest BCUT2D eigenvalue weighted by Crippen LogP contribution is 2.31. The molecule has 0 bridgehead atoms. The van der Waals surface area contributed by atoms with Gasteiger partial charge in [-0.05, 0) is 37.8 Å². The van der Waals surface area contributed by atoms with Crippen molar-refractivity contribution >= 4 is 0 Å². The fourth-order valence-corrected chi connectivity index (χ4v) is 2.57. The van der Waals surface area contributed by atoms with E-state index in [1.54, 1.807) is 0 Å². The minimum Gasteiger partial charge on any atom is -0.317 e. The average molecular weight is 197 g/mol. The summed E-state index contributed by atoms with van der Waals surface area (Å²) in [6.45, 7) is 6.90. The van der Waals surface area contributed by atoms with Gasteiger partial charge in [-0.2, -0.15) is 0 Å². The van der Waals surface area contributed by atoms with Crippen molar-refractivity contribution in [3.8, 4) is 0 Å². The maximum absolute atomic E-state index is 3.48. The fraction of sp³-hybridized carbons (Fsp3) is 1.00. The molecule has 0 saturated heterocycles. The molecule has 1 saturated carbocycles. The van der Waals surface area contributed by atoms with Crippen molar-refractivity contribution in [2.45, 2.75) is 58.8 Å². The van der Waals surface area contributed by atoms with E-state index in [1.807, 2.05) is 0 Å². The van der Waals surface area contributed by atoms with Crippen LogP contribution in [0.15, 0.2) is 0 Å². The van der Waals surface area contributed by atoms with E-state index in [1.165, 1.54) is 51.5 Å². The summed E-state index contributed by atoms with van der Waals surface area (Å²) in [5.41, 5.74) is 0. The van der Waals surface area contributed by atoms with E-state index >= 15 is 0 Å². The van der Waals surface area contributed by atoms with Crippen LogP contribution in [0, 0.1) is 11.8 Å². The molecule has 0 radical (unpaired) electrons. The van der Waals surface area contributed by atoms with Gasteiger partial charge in [0.15, 0.2) is 0 Å². The lowest BCUT2D eigenvalue weighted by Gasteiger charge is -2.28. The van der Waals surface area contributed by atoms with Gasteiger partial charge in [-0.3, -0.25) is 0 Å². The third kappa shape index (κ3) is 4.45. The van der Waals surface area contributed by atoms with Gasteiger partial charge in [0.05, 0.1) is 0 Å². The van der Waals surface area contributed by atoms with Crippen LogP contribution in [0.5, 0.6) is 0 Å². The van der Waals surface area contributed by atoms with Gasteiger partial charge in [-0.25, -0.2) is 0 Å². The van der Waals surface area contributed by atoms with Gasteiger partial charge in [-0.1, -0.05) is 46.0 Å². The smallest absolute Gasteiger partial charge is 0.00206 e. The largest absolute Gasteiger partial charge is 0.317 e. The van der Waals surface area contributed by atoms with Crippen molar-refractivity contribution in [2.75, 3.05) is 13.1 Å². The van der Waals surface area contributed by atoms with Gasteiger partial charge < -0.3 is 5.32 Å². The summed E-state index contributed by atoms with van der Waals surface area (Å²) in [6.07, 6.45) is 10.2. The molecule has 0 heterocycles. The molecule has 1 nitrogen and oxygen atoms in total. The molecule has 0 aliphatic heterocycles. The number of nitrogens with one attached hydrogen (secondary N) is 1. The molecular formula is C13H27N. The van der Waals surface area contributed by atoms with Crippen molar-refractivity contribution in [3.05, 3.63) is 0 Å². The van der Waals surface area contributed by atoms with E-state index in [9.17, 15) is 0 Å². The SMILES string of the molecule is CCCCC1CCC(CNCC)CC1. The van der Waals surface area contributed by atoms with Gasteiger partial charge in [0.25, 0.3) is 0 Å². The standard InChI is InChI=1S/C13H27N/c1-3-5-6-12-7-9-13(10-8-12)11-14-4-2/h12-14H,3-11H2,1-2H3. The molecule has 1 fully saturated rings. The first kappa shape index (κ1) is 12.0. The molecule has 0 atom stereocenters. The van der Waals surface area contributed by atoms with Gasteiger partial charge in [0, 0.05) is 0 Å². The van der Waals surface area contributed by atoms with E-state index in [2.05, 4.69) is 19.2 Å². The molecule has 0 aromatic carbocycles. The second kappa shape index (κ2) is 7.28. The van der Waals surface area contributed by atoms with E-state index in [0.717, 1.165) is 18.4 Å². The van der Waals surface area contributed by atoms with Crippen LogP contribution >= 0.6 is 0 Å². The molecule has 0 aromatic heterocycles. The van der Waals surface area contributed by atoms with E-state index in [-0.39, 0.29) is 0 Å². The van der Waals surface area contributed by atoms with Crippen LogP contribution in [0.2, 0.25) is 0 Å². The number of unbranched alkanes of at least 4 members (excludes halogenated alkanes) is 1. The van der Waals surface area contributed by atoms with Crippen molar-refractivity contribution < 1.29 is 0 Å². The minimum absolute atomic E-state index is 0.979. The normalized spacial score (nSPS) is 27.9. The Bertz CT molecular complexity index is 109. The van der Waals surface area contributed by atoms with Gasteiger partial charge >= 0.3 is 0 Å². The second-order valence-corrected chi connectivity index (χ2v) is 4.84. The molecule has 0 aromatic rings. The topological polar surface area (TPSA) is 12.0 Å². The molecule has 84 valence electrons. The first-order chi connectivity index (χ1) is 6.86. The highest BCUT2D eigenvalue weighted by atomic mass is 14.8. The Kier molecular flexibility index (Phi) is 6.25. The summed E-state index contributed by atoms with van der Waals surface area (Å²) in [6, 6.07) is 0. The van der Waals surface area contributed by atoms with Crippen LogP contribution in [-0.2, 0) is 0 Å². The molecule has 0 unspecified atom stereocenters. The number of hydrogen-bond donors (Lipinski definition) is 1. The Labute approximate surface area is 89.7 Å². The quantitative estimate of drug-likeness (QED) is 0.686. The molecule has 1 N–H and O–H groups in total. The van der Waals surface area contributed by atoms with Gasteiger partial charge in [-0.15, -0.1) is 0 Å². The van der Waals surface area contributed by atoms with Crippen molar-refractivity contribution in [3.63, 3.8) is 0 Å². The first-order valence-electron chi connectivity index (χ1n) is 6.57. The predicted octanol–water partition coefficient (Wildman–Crippen LogP) is 3.59. The molecule has 1 rings (SSSR count). The lowest BCUT2D eigenvalue weighted by molar-refractivity contribution is 0.255. The first-order valence-corrected chi connectivity index (χ1v) is 6.57. The zero-order valence-corrected chi connectivity index (χ0v) is 10.0. The maximum Gasteiger partial charge on any atom is -0.00206 e. The Morgan fingerprint density at radius 3 is 2.21 bits per heavy atom. The van der Waals surface area contributed by atoms with Crippen LogP contribution in [0.25, 0.3) is 0 Å². The minimum atomic E-state index is 0.979. The Balaban J connectivity index is 2.05. The van der Waals surface area contributed by atoms with Crippen molar-refractivity contribution in [1.29, 1.82) is 0 Å². The summed E-state index contributed by atoms with van der Waals surface area (Å²) in [5.74, 6) is 2.04. The molecule has 1 aliphatic carbocycles. The summed E-state index contributed by atoms with van der Waals surface area (Å²) in [7, 11) is 0. The van der Waals surface area contributed by atoms with E-state index in [4.69, 9.17) is 0 Å². The summed E-state index contributed by atoms with van der Waals surface area (Å²) >= 11 is 0. The molecule has 1 heteroatoms. The Hall–Kier alpha value is -0.0400. The number of rotatable bonds is 6. The zero-order chi connectivity index (χ0) is 10.2. The van der Waals surface area contributed by atoms with Crippen LogP contribution in [0.1, 0.15) is 58.8 Å². The van der Waals surface area contributed by atoms with E-state index in [0.29, 0.717) is 0 Å². The van der Waals surface area contributed by atoms with Crippen LogP contribution < -0.4 is 5.32 Å². The maximum atomic E-state index is 3.48. The van der Waals surface area contributed by atoms with Crippen molar-refractivity contribution in [2.24, 2.45) is 11.8 Å². The van der Waals surface area contributed by atoms with E-state index < -0.39 is 0 Å². The zero-order valence-electron chi connectivity index (χ0n) is 10.0. The predicted molar refractivity (Wildman–Crippen MR) is 63.5 cm³/mol. The average Bonchev–Trinajstić information content (AvgIpc) is 2.25. The lowest BCUT2D eigenvalue weighted by Crippen LogP contribution is -2.26. The summed E-state index contributed by atoms with van der Waals surface area (Å²) < 4.78 is 0. The third-order valence-corrected chi connectivity index (χ3v) is 3.62. The molecule has 0 spiro atoms. The summed E-state index contributed by atoms with van der Waals surface area (Å²) in [5, 5.41) is 3.48. The summed E-state index contributed by atoms with van der Waals surface area (Å²) in [4.78, 5) is 0. The highest BCUT2D eigenvalue weighted by molar-refractivity contribution is 4.73. The van der Waals surface area contributed by atoms with Gasteiger partial charge in [0.2, 0.25) is 0 Å². The lowest BCUT2D eigenvalue weighted by atomic mass is 9.80. The van der Waals surface area contributed by atoms with Crippen LogP contribution in [0.3, 0.4) is 0 Å². The molecular weight excluding hydrogens is 170 g/mol. The van der Waals surface area contributed by atoms with Crippen molar-refractivity contribution in [1.82, 2.24) is 5.32 Å². The van der Waals surface area contributed by atoms with Crippen LogP contribution in [0.4, 0.5) is 0 Å². The Morgan fingerprint density at radius 2 is 1.64 bits per heavy atom. The van der Waals surface area contributed by atoms with Crippen LogP contribution in [-0.4, -0.2) is 13.1 Å². The molecule has 1 aliphatic rings. The Morgan fingerprint density at radius 1 is 1.00 bits per heavy atom. The number of hydrogen-bond acceptors (Lipinski definition) is 1. The molecule has 0 amide bonds. The molecule has 14 heavy (non-hydrogen) atoms. The van der Waals surface area contributed by atoms with Gasteiger partial charge in [0.1, 0.15) is 0 Å². The highest BCUT2D eigenvalue weighted by Gasteiger charge is 2.19. The third-order valence-electron chi connectivity index (χ3n) is 3.62.